The van der Waals surface area contributed by atoms with Gasteiger partial charge in [-0.05, 0) is 45.8 Å². The van der Waals surface area contributed by atoms with Crippen molar-refractivity contribution in [2.24, 2.45) is 0 Å². The topological polar surface area (TPSA) is 30.2 Å². The molecule has 5 heteroatoms. The van der Waals surface area contributed by atoms with Crippen LogP contribution in [0.1, 0.15) is 11.4 Å². The Morgan fingerprint density at radius 2 is 1.89 bits per heavy atom. The second kappa shape index (κ2) is 4.49. The van der Waals surface area contributed by atoms with Crippen LogP contribution in [0, 0.1) is 5.82 Å². The van der Waals surface area contributed by atoms with Gasteiger partial charge in [-0.15, -0.1) is 10.2 Å². The van der Waals surface area contributed by atoms with Crippen molar-refractivity contribution in [1.29, 1.82) is 0 Å². The van der Waals surface area contributed by atoms with E-state index in [0.717, 1.165) is 21.5 Å². The molecule has 0 spiro atoms. The molecule has 1 aromatic carbocycles. The second-order valence-electron chi connectivity index (χ2n) is 3.97. The number of nitrogens with zero attached hydrogens (tertiary/aromatic N) is 3. The molecule has 0 saturated carbocycles. The van der Waals surface area contributed by atoms with Gasteiger partial charge in [-0.25, -0.2) is 4.39 Å². The maximum Gasteiger partial charge on any atom is 0.175 e. The van der Waals surface area contributed by atoms with Crippen molar-refractivity contribution < 1.29 is 4.39 Å². The van der Waals surface area contributed by atoms with Crippen molar-refractivity contribution in [2.75, 3.05) is 0 Å². The third kappa shape index (κ3) is 2.01. The molecular weight excluding hydrogens is 297 g/mol. The lowest BCUT2D eigenvalue weighted by atomic mass is 10.1. The summed E-state index contributed by atoms with van der Waals surface area (Å²) in [6, 6.07) is 10.3. The fraction of sp³-hybridized carbons (Fsp3) is 0.0769. The molecule has 0 radical (unpaired) electrons. The van der Waals surface area contributed by atoms with E-state index in [1.165, 1.54) is 12.1 Å². The van der Waals surface area contributed by atoms with Crippen LogP contribution in [0.5, 0.6) is 0 Å². The molecule has 0 N–H and O–H groups in total. The van der Waals surface area contributed by atoms with Gasteiger partial charge in [0, 0.05) is 12.6 Å². The number of fused-ring (bicyclic) bond motifs is 1. The van der Waals surface area contributed by atoms with E-state index >= 15 is 0 Å². The third-order valence-electron chi connectivity index (χ3n) is 2.73. The highest BCUT2D eigenvalue weighted by atomic mass is 79.9. The average Bonchev–Trinajstić information content (AvgIpc) is 2.77. The first kappa shape index (κ1) is 11.3. The Kier molecular flexibility index (Phi) is 2.83. The van der Waals surface area contributed by atoms with Crippen molar-refractivity contribution in [3.05, 3.63) is 64.3 Å². The van der Waals surface area contributed by atoms with E-state index in [0.29, 0.717) is 6.42 Å². The lowest BCUT2D eigenvalue weighted by Crippen LogP contribution is -1.96. The number of halogens is 2. The Balaban J connectivity index is 2.00. The molecule has 0 fully saturated rings. The largest absolute Gasteiger partial charge is 0.285 e. The normalized spacial score (nSPS) is 11.0. The molecule has 2 aromatic heterocycles. The number of hydrogen-bond acceptors (Lipinski definition) is 2. The number of benzene rings is 1. The molecule has 0 aliphatic rings. The van der Waals surface area contributed by atoms with E-state index in [1.807, 2.05) is 22.7 Å². The van der Waals surface area contributed by atoms with Crippen LogP contribution in [-0.4, -0.2) is 14.6 Å². The molecule has 18 heavy (non-hydrogen) atoms. The molecule has 0 unspecified atom stereocenters. The summed E-state index contributed by atoms with van der Waals surface area (Å²) in [4.78, 5) is 0. The minimum Gasteiger partial charge on any atom is -0.285 e. The van der Waals surface area contributed by atoms with E-state index in [9.17, 15) is 4.39 Å². The van der Waals surface area contributed by atoms with Crippen molar-refractivity contribution in [3.8, 4) is 0 Å². The van der Waals surface area contributed by atoms with Gasteiger partial charge in [0.25, 0.3) is 0 Å². The summed E-state index contributed by atoms with van der Waals surface area (Å²) in [6.07, 6.45) is 2.54. The Bertz CT molecular complexity index is 691. The Labute approximate surface area is 111 Å². The van der Waals surface area contributed by atoms with Gasteiger partial charge in [-0.1, -0.05) is 12.1 Å². The zero-order valence-electron chi connectivity index (χ0n) is 9.35. The van der Waals surface area contributed by atoms with Crippen LogP contribution >= 0.6 is 15.9 Å². The Morgan fingerprint density at radius 3 is 2.67 bits per heavy atom. The van der Waals surface area contributed by atoms with E-state index in [4.69, 9.17) is 0 Å². The molecule has 3 nitrogen and oxygen atoms in total. The van der Waals surface area contributed by atoms with Crippen LogP contribution in [0.15, 0.2) is 47.1 Å². The van der Waals surface area contributed by atoms with Gasteiger partial charge in [0.15, 0.2) is 5.65 Å². The summed E-state index contributed by atoms with van der Waals surface area (Å²) >= 11 is 3.43. The zero-order valence-corrected chi connectivity index (χ0v) is 10.9. The summed E-state index contributed by atoms with van der Waals surface area (Å²) in [7, 11) is 0. The van der Waals surface area contributed by atoms with Gasteiger partial charge in [-0.2, -0.15) is 0 Å². The molecule has 3 rings (SSSR count). The van der Waals surface area contributed by atoms with E-state index in [1.54, 1.807) is 12.1 Å². The van der Waals surface area contributed by atoms with Crippen LogP contribution in [0.25, 0.3) is 5.65 Å². The summed E-state index contributed by atoms with van der Waals surface area (Å²) in [5.74, 6) is 0.602. The molecular formula is C13H9BrFN3. The Hall–Kier alpha value is -1.75. The molecule has 0 atom stereocenters. The van der Waals surface area contributed by atoms with Crippen LogP contribution in [0.2, 0.25) is 0 Å². The van der Waals surface area contributed by atoms with Crippen LogP contribution in [0.3, 0.4) is 0 Å². The SMILES string of the molecule is Fc1ccc(Cc2nnc3c(Br)cccn23)cc1. The number of rotatable bonds is 2. The Morgan fingerprint density at radius 1 is 1.11 bits per heavy atom. The van der Waals surface area contributed by atoms with Crippen molar-refractivity contribution in [1.82, 2.24) is 14.6 Å². The fourth-order valence-corrected chi connectivity index (χ4v) is 2.26. The molecule has 0 aliphatic heterocycles. The molecule has 2 heterocycles. The molecule has 0 amide bonds. The van der Waals surface area contributed by atoms with Gasteiger partial charge >= 0.3 is 0 Å². The second-order valence-corrected chi connectivity index (χ2v) is 4.82. The lowest BCUT2D eigenvalue weighted by molar-refractivity contribution is 0.627. The van der Waals surface area contributed by atoms with Crippen molar-refractivity contribution >= 4 is 21.6 Å². The first-order valence-corrected chi connectivity index (χ1v) is 6.26. The molecule has 0 aliphatic carbocycles. The van der Waals surface area contributed by atoms with E-state index in [2.05, 4.69) is 26.1 Å². The van der Waals surface area contributed by atoms with Crippen molar-refractivity contribution in [3.63, 3.8) is 0 Å². The van der Waals surface area contributed by atoms with Crippen LogP contribution in [-0.2, 0) is 6.42 Å². The maximum atomic E-state index is 12.8. The maximum absolute atomic E-state index is 12.8. The van der Waals surface area contributed by atoms with Crippen molar-refractivity contribution in [2.45, 2.75) is 6.42 Å². The predicted molar refractivity (Wildman–Crippen MR) is 69.9 cm³/mol. The lowest BCUT2D eigenvalue weighted by Gasteiger charge is -2.01. The first-order chi connectivity index (χ1) is 8.74. The number of pyridine rings is 1. The minimum atomic E-state index is -0.229. The quantitative estimate of drug-likeness (QED) is 0.727. The standard InChI is InChI=1S/C13H9BrFN3/c14-11-2-1-7-18-12(16-17-13(11)18)8-9-3-5-10(15)6-4-9/h1-7H,8H2. The molecule has 3 aromatic rings. The summed E-state index contributed by atoms with van der Waals surface area (Å²) in [5, 5.41) is 8.29. The summed E-state index contributed by atoms with van der Waals surface area (Å²) in [6.45, 7) is 0. The minimum absolute atomic E-state index is 0.229. The van der Waals surface area contributed by atoms with E-state index < -0.39 is 0 Å². The average molecular weight is 306 g/mol. The molecule has 0 saturated heterocycles. The van der Waals surface area contributed by atoms with Gasteiger partial charge in [0.05, 0.1) is 4.47 Å². The van der Waals surface area contributed by atoms with E-state index in [-0.39, 0.29) is 5.82 Å². The van der Waals surface area contributed by atoms with Crippen LogP contribution < -0.4 is 0 Å². The molecule has 0 bridgehead atoms. The zero-order chi connectivity index (χ0) is 12.5. The van der Waals surface area contributed by atoms with Gasteiger partial charge in [0.2, 0.25) is 0 Å². The smallest absolute Gasteiger partial charge is 0.175 e. The van der Waals surface area contributed by atoms with Crippen LogP contribution in [0.4, 0.5) is 4.39 Å². The third-order valence-corrected chi connectivity index (χ3v) is 3.35. The van der Waals surface area contributed by atoms with Gasteiger partial charge in [0.1, 0.15) is 11.6 Å². The van der Waals surface area contributed by atoms with Gasteiger partial charge < -0.3 is 0 Å². The summed E-state index contributed by atoms with van der Waals surface area (Å²) < 4.78 is 15.7. The predicted octanol–water partition coefficient (Wildman–Crippen LogP) is 3.22. The number of hydrogen-bond donors (Lipinski definition) is 0. The molecule has 90 valence electrons. The highest BCUT2D eigenvalue weighted by Gasteiger charge is 2.08. The monoisotopic (exact) mass is 305 g/mol. The highest BCUT2D eigenvalue weighted by Crippen LogP contribution is 2.17. The van der Waals surface area contributed by atoms with Gasteiger partial charge in [-0.3, -0.25) is 4.40 Å². The first-order valence-electron chi connectivity index (χ1n) is 5.46. The number of aromatic nitrogens is 3. The highest BCUT2D eigenvalue weighted by molar-refractivity contribution is 9.10. The summed E-state index contributed by atoms with van der Waals surface area (Å²) in [5.41, 5.74) is 1.79. The fourth-order valence-electron chi connectivity index (χ4n) is 1.84.